The SMILES string of the molecule is O=c1nc(-c2ccccc2)nc(-c2ccc3c(c2)C(c2ccccc2)(c2ccccc2)C2C=CC=CC32)n1-c1ccccc1. The first-order chi connectivity index (χ1) is 21.7. The van der Waals surface area contributed by atoms with Crippen LogP contribution in [0.5, 0.6) is 0 Å². The lowest BCUT2D eigenvalue weighted by molar-refractivity contribution is 0.457. The van der Waals surface area contributed by atoms with E-state index in [0.29, 0.717) is 11.6 Å². The highest BCUT2D eigenvalue weighted by Gasteiger charge is 2.52. The van der Waals surface area contributed by atoms with Crippen LogP contribution in [-0.4, -0.2) is 14.5 Å². The standard InChI is InChI=1S/C40H29N3O/c44-39-42-37(28-15-5-1-6-16-28)41-38(43(39)32-21-11-4-12-22-32)29-25-26-34-33-23-13-14-24-35(33)40(36(34)27-29,30-17-7-2-8-18-30)31-19-9-3-10-20-31/h1-27,33,35H. The van der Waals surface area contributed by atoms with E-state index in [2.05, 4.69) is 108 Å². The summed E-state index contributed by atoms with van der Waals surface area (Å²) in [7, 11) is 0. The molecule has 0 bridgehead atoms. The van der Waals surface area contributed by atoms with Gasteiger partial charge in [-0.1, -0.05) is 146 Å². The van der Waals surface area contributed by atoms with Crippen molar-refractivity contribution < 1.29 is 0 Å². The van der Waals surface area contributed by atoms with Crippen LogP contribution in [-0.2, 0) is 5.41 Å². The number of aromatic nitrogens is 3. The maximum atomic E-state index is 13.8. The molecule has 6 aromatic rings. The topological polar surface area (TPSA) is 47.8 Å². The fourth-order valence-corrected chi connectivity index (χ4v) is 7.22. The summed E-state index contributed by atoms with van der Waals surface area (Å²) in [5, 5.41) is 0. The fourth-order valence-electron chi connectivity index (χ4n) is 7.22. The van der Waals surface area contributed by atoms with Gasteiger partial charge >= 0.3 is 5.69 Å². The molecular weight excluding hydrogens is 538 g/mol. The third kappa shape index (κ3) is 4.03. The minimum atomic E-state index is -0.438. The molecule has 0 spiro atoms. The first kappa shape index (κ1) is 26.1. The van der Waals surface area contributed by atoms with Gasteiger partial charge in [-0.2, -0.15) is 4.98 Å². The molecule has 0 radical (unpaired) electrons. The van der Waals surface area contributed by atoms with E-state index in [1.54, 1.807) is 4.57 Å². The zero-order valence-corrected chi connectivity index (χ0v) is 24.0. The summed E-state index contributed by atoms with van der Waals surface area (Å²) < 4.78 is 1.63. The summed E-state index contributed by atoms with van der Waals surface area (Å²) in [6, 6.07) is 47.6. The van der Waals surface area contributed by atoms with E-state index in [1.165, 1.54) is 22.3 Å². The highest BCUT2D eigenvalue weighted by atomic mass is 16.1. The number of fused-ring (bicyclic) bond motifs is 3. The number of rotatable bonds is 5. The van der Waals surface area contributed by atoms with Gasteiger partial charge in [0.15, 0.2) is 11.6 Å². The molecule has 0 saturated heterocycles. The maximum absolute atomic E-state index is 13.8. The van der Waals surface area contributed by atoms with Crippen LogP contribution < -0.4 is 5.69 Å². The molecule has 2 unspecified atom stereocenters. The Kier molecular flexibility index (Phi) is 6.27. The summed E-state index contributed by atoms with van der Waals surface area (Å²) in [6.07, 6.45) is 9.03. The number of benzene rings is 5. The minimum Gasteiger partial charge on any atom is -0.245 e. The Morgan fingerprint density at radius 2 is 1.18 bits per heavy atom. The largest absolute Gasteiger partial charge is 0.355 e. The molecule has 0 N–H and O–H groups in total. The molecule has 4 heteroatoms. The van der Waals surface area contributed by atoms with Gasteiger partial charge in [0, 0.05) is 23.0 Å². The first-order valence-corrected chi connectivity index (χ1v) is 15.0. The predicted molar refractivity (Wildman–Crippen MR) is 176 cm³/mol. The van der Waals surface area contributed by atoms with Crippen molar-refractivity contribution in [1.29, 1.82) is 0 Å². The predicted octanol–water partition coefficient (Wildman–Crippen LogP) is 8.14. The van der Waals surface area contributed by atoms with Crippen molar-refractivity contribution in [2.24, 2.45) is 5.92 Å². The Balaban J connectivity index is 1.44. The van der Waals surface area contributed by atoms with E-state index < -0.39 is 5.41 Å². The number of nitrogens with zero attached hydrogens (tertiary/aromatic N) is 3. The molecular formula is C40H29N3O. The molecule has 0 amide bonds. The smallest absolute Gasteiger partial charge is 0.245 e. The lowest BCUT2D eigenvalue weighted by Crippen LogP contribution is -2.35. The monoisotopic (exact) mass is 567 g/mol. The second kappa shape index (κ2) is 10.6. The van der Waals surface area contributed by atoms with Crippen LogP contribution in [0, 0.1) is 5.92 Å². The molecule has 5 aromatic carbocycles. The molecule has 4 nitrogen and oxygen atoms in total. The Morgan fingerprint density at radius 3 is 1.84 bits per heavy atom. The van der Waals surface area contributed by atoms with E-state index >= 15 is 0 Å². The summed E-state index contributed by atoms with van der Waals surface area (Å²) in [5.41, 5.74) is 6.59. The van der Waals surface area contributed by atoms with E-state index in [9.17, 15) is 4.79 Å². The normalized spacial score (nSPS) is 17.6. The average molecular weight is 568 g/mol. The molecule has 2 atom stereocenters. The Hall–Kier alpha value is -5.61. The van der Waals surface area contributed by atoms with Gasteiger partial charge < -0.3 is 0 Å². The summed E-state index contributed by atoms with van der Waals surface area (Å²) >= 11 is 0. The van der Waals surface area contributed by atoms with E-state index in [1.807, 2.05) is 60.7 Å². The zero-order valence-electron chi connectivity index (χ0n) is 24.0. The molecule has 44 heavy (non-hydrogen) atoms. The van der Waals surface area contributed by atoms with Gasteiger partial charge in [0.2, 0.25) is 0 Å². The highest BCUT2D eigenvalue weighted by molar-refractivity contribution is 5.70. The third-order valence-electron chi connectivity index (χ3n) is 9.05. The molecule has 1 aromatic heterocycles. The molecule has 1 heterocycles. The average Bonchev–Trinajstić information content (AvgIpc) is 3.40. The second-order valence-corrected chi connectivity index (χ2v) is 11.4. The van der Waals surface area contributed by atoms with E-state index in [0.717, 1.165) is 16.8 Å². The van der Waals surface area contributed by atoms with E-state index in [4.69, 9.17) is 4.98 Å². The van der Waals surface area contributed by atoms with Crippen LogP contribution in [0.1, 0.15) is 28.2 Å². The molecule has 0 aliphatic heterocycles. The van der Waals surface area contributed by atoms with Crippen LogP contribution >= 0.6 is 0 Å². The van der Waals surface area contributed by atoms with Crippen LogP contribution in [0.25, 0.3) is 28.5 Å². The van der Waals surface area contributed by atoms with Gasteiger partial charge in [-0.3, -0.25) is 0 Å². The van der Waals surface area contributed by atoms with Crippen molar-refractivity contribution in [3.8, 4) is 28.5 Å². The van der Waals surface area contributed by atoms with Gasteiger partial charge in [0.1, 0.15) is 0 Å². The van der Waals surface area contributed by atoms with Gasteiger partial charge in [0.05, 0.1) is 11.1 Å². The Morgan fingerprint density at radius 1 is 0.591 bits per heavy atom. The van der Waals surface area contributed by atoms with Crippen LogP contribution in [0.15, 0.2) is 169 Å². The summed E-state index contributed by atoms with van der Waals surface area (Å²) in [4.78, 5) is 23.3. The number of allylic oxidation sites excluding steroid dienone is 4. The summed E-state index contributed by atoms with van der Waals surface area (Å²) in [6.45, 7) is 0. The quantitative estimate of drug-likeness (QED) is 0.211. The Labute approximate surface area is 256 Å². The molecule has 8 rings (SSSR count). The molecule has 0 fully saturated rings. The molecule has 2 aliphatic rings. The maximum Gasteiger partial charge on any atom is 0.355 e. The Bertz CT molecular complexity index is 2040. The number of para-hydroxylation sites is 1. The van der Waals surface area contributed by atoms with Gasteiger partial charge in [-0.25, -0.2) is 14.3 Å². The molecule has 0 saturated carbocycles. The van der Waals surface area contributed by atoms with Crippen LogP contribution in [0.3, 0.4) is 0 Å². The minimum absolute atomic E-state index is 0.184. The van der Waals surface area contributed by atoms with Gasteiger partial charge in [-0.05, 0) is 40.5 Å². The lowest BCUT2D eigenvalue weighted by atomic mass is 9.63. The first-order valence-electron chi connectivity index (χ1n) is 15.0. The van der Waals surface area contributed by atoms with Crippen molar-refractivity contribution in [3.63, 3.8) is 0 Å². The van der Waals surface area contributed by atoms with Gasteiger partial charge in [-0.15, -0.1) is 0 Å². The third-order valence-corrected chi connectivity index (χ3v) is 9.05. The number of hydrogen-bond acceptors (Lipinski definition) is 3. The van der Waals surface area contributed by atoms with Crippen molar-refractivity contribution in [2.75, 3.05) is 0 Å². The summed E-state index contributed by atoms with van der Waals surface area (Å²) in [5.74, 6) is 1.37. The highest BCUT2D eigenvalue weighted by Crippen LogP contribution is 2.59. The van der Waals surface area contributed by atoms with Crippen molar-refractivity contribution in [2.45, 2.75) is 11.3 Å². The van der Waals surface area contributed by atoms with Crippen molar-refractivity contribution in [3.05, 3.63) is 197 Å². The molecule has 210 valence electrons. The molecule has 2 aliphatic carbocycles. The number of hydrogen-bond donors (Lipinski definition) is 0. The van der Waals surface area contributed by atoms with Crippen molar-refractivity contribution >= 4 is 0 Å². The van der Waals surface area contributed by atoms with Crippen molar-refractivity contribution in [1.82, 2.24) is 14.5 Å². The lowest BCUT2D eigenvalue weighted by Gasteiger charge is -2.39. The second-order valence-electron chi connectivity index (χ2n) is 11.4. The van der Waals surface area contributed by atoms with Gasteiger partial charge in [0.25, 0.3) is 0 Å². The van der Waals surface area contributed by atoms with E-state index in [-0.39, 0.29) is 17.5 Å². The fraction of sp³-hybridized carbons (Fsp3) is 0.0750. The zero-order chi connectivity index (χ0) is 29.5. The van der Waals surface area contributed by atoms with Crippen LogP contribution in [0.4, 0.5) is 0 Å². The van der Waals surface area contributed by atoms with Crippen LogP contribution in [0.2, 0.25) is 0 Å².